The van der Waals surface area contributed by atoms with Gasteiger partial charge in [-0.25, -0.2) is 18.6 Å². The van der Waals surface area contributed by atoms with Crippen LogP contribution in [0.4, 0.5) is 19.3 Å². The molecule has 0 unspecified atom stereocenters. The Bertz CT molecular complexity index is 1270. The first-order chi connectivity index (χ1) is 17.4. The first-order valence-corrected chi connectivity index (χ1v) is 14.1. The summed E-state index contributed by atoms with van der Waals surface area (Å²) >= 11 is 0. The molecule has 12 heteroatoms. The van der Waals surface area contributed by atoms with Crippen LogP contribution < -0.4 is 15.4 Å². The number of rotatable bonds is 10. The van der Waals surface area contributed by atoms with Crippen molar-refractivity contribution in [3.63, 3.8) is 0 Å². The maximum atomic E-state index is 14.8. The van der Waals surface area contributed by atoms with E-state index < -0.39 is 32.2 Å². The molecule has 1 saturated heterocycles. The molecular formula is C24H26F2N5O4Si. The van der Waals surface area contributed by atoms with Gasteiger partial charge < -0.3 is 29.4 Å². The second-order valence-electron chi connectivity index (χ2n) is 8.74. The van der Waals surface area contributed by atoms with E-state index in [-0.39, 0.29) is 29.6 Å². The summed E-state index contributed by atoms with van der Waals surface area (Å²) in [4.78, 5) is 16.3. The Morgan fingerprint density at radius 1 is 1.33 bits per heavy atom. The first-order valence-electron chi connectivity index (χ1n) is 11.4. The molecular weight excluding hydrogens is 488 g/mol. The van der Waals surface area contributed by atoms with Crippen molar-refractivity contribution in [1.29, 1.82) is 5.26 Å². The number of amides is 2. The van der Waals surface area contributed by atoms with E-state index >= 15 is 0 Å². The fourth-order valence-electron chi connectivity index (χ4n) is 3.55. The summed E-state index contributed by atoms with van der Waals surface area (Å²) in [6.07, 6.45) is 3.00. The molecule has 4 rings (SSSR count). The number of hydrogen-bond acceptors (Lipinski definition) is 6. The third-order valence-electron chi connectivity index (χ3n) is 5.54. The van der Waals surface area contributed by atoms with Crippen molar-refractivity contribution in [3.8, 4) is 17.6 Å². The normalized spacial score (nSPS) is 13.4. The molecule has 1 radical (unpaired) electrons. The molecule has 0 spiro atoms. The van der Waals surface area contributed by atoms with E-state index in [0.717, 1.165) is 18.2 Å². The number of nitrogens with zero attached hydrogens (tertiary/aromatic N) is 3. The molecule has 0 saturated carbocycles. The fourth-order valence-corrected chi connectivity index (χ4v) is 4.10. The second-order valence-corrected chi connectivity index (χ2v) is 11.7. The van der Waals surface area contributed by atoms with E-state index in [1.807, 2.05) is 0 Å². The molecule has 2 N–H and O–H groups in total. The van der Waals surface area contributed by atoms with Crippen molar-refractivity contribution >= 4 is 31.5 Å². The summed E-state index contributed by atoms with van der Waals surface area (Å²) in [5, 5.41) is 15.0. The zero-order valence-corrected chi connectivity index (χ0v) is 20.9. The Hall–Kier alpha value is -3.53. The largest absolute Gasteiger partial charge is 0.450 e. The van der Waals surface area contributed by atoms with Crippen molar-refractivity contribution < 1.29 is 27.8 Å². The average Bonchev–Trinajstić information content (AvgIpc) is 3.16. The van der Waals surface area contributed by atoms with Crippen LogP contribution in [-0.4, -0.2) is 50.7 Å². The lowest BCUT2D eigenvalue weighted by atomic mass is 10.1. The predicted octanol–water partition coefficient (Wildman–Crippen LogP) is 4.47. The smallest absolute Gasteiger partial charge is 0.319 e. The summed E-state index contributed by atoms with van der Waals surface area (Å²) in [6, 6.07) is 5.83. The molecule has 0 atom stereocenters. The molecule has 3 heterocycles. The number of nitriles is 1. The molecule has 189 valence electrons. The molecule has 2 amide bonds. The summed E-state index contributed by atoms with van der Waals surface area (Å²) in [6.45, 7) is 6.70. The van der Waals surface area contributed by atoms with Crippen LogP contribution in [0.5, 0.6) is 11.5 Å². The Kier molecular flexibility index (Phi) is 8.14. The van der Waals surface area contributed by atoms with Crippen LogP contribution in [0.3, 0.4) is 0 Å². The van der Waals surface area contributed by atoms with Gasteiger partial charge in [0, 0.05) is 58.1 Å². The molecule has 1 fully saturated rings. The fraction of sp³-hybridized carbons (Fsp3) is 0.375. The predicted molar refractivity (Wildman–Crippen MR) is 130 cm³/mol. The number of urea groups is 1. The van der Waals surface area contributed by atoms with Crippen LogP contribution in [-0.2, 0) is 16.2 Å². The van der Waals surface area contributed by atoms with Gasteiger partial charge in [-0.2, -0.15) is 5.26 Å². The highest BCUT2D eigenvalue weighted by Gasteiger charge is 2.21. The Labute approximate surface area is 208 Å². The number of carbonyl (C=O) groups is 1. The van der Waals surface area contributed by atoms with Gasteiger partial charge in [-0.3, -0.25) is 0 Å². The lowest BCUT2D eigenvalue weighted by Crippen LogP contribution is -2.40. The molecule has 36 heavy (non-hydrogen) atoms. The third kappa shape index (κ3) is 5.99. The van der Waals surface area contributed by atoms with Gasteiger partial charge in [0.05, 0.1) is 24.2 Å². The summed E-state index contributed by atoms with van der Waals surface area (Å²) in [5.74, 6) is -2.38. The number of benzene rings is 1. The highest BCUT2D eigenvalue weighted by Crippen LogP contribution is 2.35. The number of fused-ring (bicyclic) bond motifs is 1. The SMILES string of the molecule is C[Si](C)CCOCn1cc(C#N)c2c(Oc3c(F)cc(NC(=O)NCC4COC4)cc3F)ccnc21. The maximum Gasteiger partial charge on any atom is 0.319 e. The molecule has 0 bridgehead atoms. The minimum absolute atomic E-state index is 0.0655. The summed E-state index contributed by atoms with van der Waals surface area (Å²) < 4.78 is 47.7. The number of ether oxygens (including phenoxy) is 3. The van der Waals surface area contributed by atoms with Gasteiger partial charge in [-0.05, 0) is 12.1 Å². The minimum Gasteiger partial charge on any atom is -0.450 e. The molecule has 2 aromatic heterocycles. The number of anilines is 1. The number of halogens is 2. The van der Waals surface area contributed by atoms with Crippen LogP contribution in [0, 0.1) is 28.9 Å². The van der Waals surface area contributed by atoms with Crippen LogP contribution in [0.2, 0.25) is 19.1 Å². The van der Waals surface area contributed by atoms with Crippen LogP contribution in [0.25, 0.3) is 11.0 Å². The number of nitrogens with one attached hydrogen (secondary N) is 2. The zero-order valence-electron chi connectivity index (χ0n) is 19.9. The monoisotopic (exact) mass is 514 g/mol. The summed E-state index contributed by atoms with van der Waals surface area (Å²) in [5.41, 5.74) is 0.569. The Morgan fingerprint density at radius 3 is 2.72 bits per heavy atom. The lowest BCUT2D eigenvalue weighted by Gasteiger charge is -2.25. The minimum atomic E-state index is -1.01. The highest BCUT2D eigenvalue weighted by molar-refractivity contribution is 6.55. The number of pyridine rings is 1. The van der Waals surface area contributed by atoms with Gasteiger partial charge in [0.1, 0.15) is 24.2 Å². The van der Waals surface area contributed by atoms with Gasteiger partial charge >= 0.3 is 6.03 Å². The molecule has 1 aromatic carbocycles. The Morgan fingerprint density at radius 2 is 2.08 bits per heavy atom. The average molecular weight is 515 g/mol. The highest BCUT2D eigenvalue weighted by atomic mass is 28.3. The molecule has 9 nitrogen and oxygen atoms in total. The van der Waals surface area contributed by atoms with E-state index in [2.05, 4.69) is 34.8 Å². The molecule has 1 aliphatic heterocycles. The van der Waals surface area contributed by atoms with Crippen molar-refractivity contribution in [3.05, 3.63) is 47.8 Å². The van der Waals surface area contributed by atoms with Gasteiger partial charge in [-0.1, -0.05) is 13.1 Å². The molecule has 0 aliphatic carbocycles. The lowest BCUT2D eigenvalue weighted by molar-refractivity contribution is -0.0292. The van der Waals surface area contributed by atoms with Crippen molar-refractivity contribution in [2.24, 2.45) is 5.92 Å². The quantitative estimate of drug-likeness (QED) is 0.305. The molecule has 3 aromatic rings. The van der Waals surface area contributed by atoms with E-state index in [9.17, 15) is 18.8 Å². The van der Waals surface area contributed by atoms with Crippen LogP contribution in [0.15, 0.2) is 30.6 Å². The van der Waals surface area contributed by atoms with E-state index in [1.54, 1.807) is 10.8 Å². The van der Waals surface area contributed by atoms with Gasteiger partial charge in [0.2, 0.25) is 0 Å². The van der Waals surface area contributed by atoms with Crippen LogP contribution >= 0.6 is 0 Å². The Balaban J connectivity index is 1.51. The van der Waals surface area contributed by atoms with E-state index in [0.29, 0.717) is 37.4 Å². The zero-order chi connectivity index (χ0) is 25.7. The number of hydrogen-bond donors (Lipinski definition) is 2. The standard InChI is InChI=1S/C24H26F2N5O4Si/c1-36(2)6-5-33-14-31-11-16(9-27)21-20(3-4-28-23(21)31)35-22-18(25)7-17(8-19(22)26)30-24(32)29-10-15-12-34-13-15/h3-4,7-8,11,15H,5-6,10,12-14H2,1-2H3,(H2,29,30,32). The first kappa shape index (κ1) is 25.6. The molecule has 1 aliphatic rings. The maximum absolute atomic E-state index is 14.8. The van der Waals surface area contributed by atoms with E-state index in [1.165, 1.54) is 12.3 Å². The van der Waals surface area contributed by atoms with Crippen LogP contribution in [0.1, 0.15) is 5.56 Å². The van der Waals surface area contributed by atoms with Crippen molar-refractivity contribution in [1.82, 2.24) is 14.9 Å². The van der Waals surface area contributed by atoms with Gasteiger partial charge in [-0.15, -0.1) is 0 Å². The third-order valence-corrected chi connectivity index (χ3v) is 6.75. The van der Waals surface area contributed by atoms with E-state index in [4.69, 9.17) is 14.2 Å². The van der Waals surface area contributed by atoms with Crippen molar-refractivity contribution in [2.75, 3.05) is 31.7 Å². The van der Waals surface area contributed by atoms with Gasteiger partial charge in [0.15, 0.2) is 17.4 Å². The van der Waals surface area contributed by atoms with Gasteiger partial charge in [0.25, 0.3) is 0 Å². The number of carbonyl (C=O) groups excluding carboxylic acids is 1. The summed E-state index contributed by atoms with van der Waals surface area (Å²) in [7, 11) is -0.418. The number of aromatic nitrogens is 2. The van der Waals surface area contributed by atoms with Crippen molar-refractivity contribution in [2.45, 2.75) is 25.9 Å². The topological polar surface area (TPSA) is 110 Å². The second kappa shape index (κ2) is 11.5.